The third-order valence-electron chi connectivity index (χ3n) is 8.31. The first-order valence-electron chi connectivity index (χ1n) is 15.1. The van der Waals surface area contributed by atoms with E-state index in [1.165, 1.54) is 12.1 Å². The highest BCUT2D eigenvalue weighted by Gasteiger charge is 2.21. The number of benzene rings is 2. The number of anilines is 2. The number of carboxylic acid groups (broad SMARTS) is 1. The smallest absolute Gasteiger partial charge is 0.387 e. The lowest BCUT2D eigenvalue weighted by molar-refractivity contribution is -0.137. The van der Waals surface area contributed by atoms with Gasteiger partial charge in [-0.3, -0.25) is 14.0 Å². The Morgan fingerprint density at radius 3 is 2.54 bits per heavy atom. The van der Waals surface area contributed by atoms with Gasteiger partial charge in [0.1, 0.15) is 5.75 Å². The third kappa shape index (κ3) is 8.70. The molecular formula is C33H39ClF2N6O4. The number of likely N-dealkylation sites (tertiary alicyclic amines) is 1. The first-order valence-corrected chi connectivity index (χ1v) is 15.1. The van der Waals surface area contributed by atoms with Crippen LogP contribution in [0.4, 0.5) is 20.3 Å². The largest absolute Gasteiger partial charge is 0.481 e. The molecule has 0 aliphatic carbocycles. The number of aryl methyl sites for hydroxylation is 1. The van der Waals surface area contributed by atoms with Crippen LogP contribution in [-0.4, -0.2) is 81.0 Å². The Morgan fingerprint density at radius 2 is 1.87 bits per heavy atom. The van der Waals surface area contributed by atoms with E-state index < -0.39 is 12.6 Å². The van der Waals surface area contributed by atoms with Gasteiger partial charge in [-0.05, 0) is 106 Å². The van der Waals surface area contributed by atoms with Crippen LogP contribution in [0.15, 0.2) is 61.1 Å². The molecule has 0 atom stereocenters. The predicted octanol–water partition coefficient (Wildman–Crippen LogP) is 6.51. The molecule has 246 valence electrons. The number of nitrogens with zero attached hydrogens (tertiary/aromatic N) is 5. The van der Waals surface area contributed by atoms with E-state index >= 15 is 0 Å². The summed E-state index contributed by atoms with van der Waals surface area (Å²) in [4.78, 5) is 37.2. The van der Waals surface area contributed by atoms with E-state index in [0.717, 1.165) is 61.4 Å². The van der Waals surface area contributed by atoms with Crippen LogP contribution in [0, 0.1) is 12.8 Å². The number of aliphatic carboxylic acids is 1. The summed E-state index contributed by atoms with van der Waals surface area (Å²) < 4.78 is 31.3. The van der Waals surface area contributed by atoms with Gasteiger partial charge in [0.2, 0.25) is 0 Å². The summed E-state index contributed by atoms with van der Waals surface area (Å²) in [7, 11) is 1.84. The number of carboxylic acids is 1. The Labute approximate surface area is 272 Å². The van der Waals surface area contributed by atoms with Gasteiger partial charge >= 0.3 is 12.6 Å². The highest BCUT2D eigenvalue weighted by Crippen LogP contribution is 2.28. The van der Waals surface area contributed by atoms with Gasteiger partial charge in [0.15, 0.2) is 11.5 Å². The van der Waals surface area contributed by atoms with E-state index in [4.69, 9.17) is 5.11 Å². The molecule has 1 amide bonds. The maximum atomic E-state index is 13.3. The molecule has 46 heavy (non-hydrogen) atoms. The molecule has 1 fully saturated rings. The van der Waals surface area contributed by atoms with Crippen LogP contribution in [-0.2, 0) is 4.79 Å². The number of nitrogens with one attached hydrogen (secondary N) is 1. The van der Waals surface area contributed by atoms with Crippen molar-refractivity contribution in [1.29, 1.82) is 0 Å². The van der Waals surface area contributed by atoms with Crippen molar-refractivity contribution in [2.45, 2.75) is 45.6 Å². The molecule has 10 nitrogen and oxygen atoms in total. The molecule has 13 heteroatoms. The van der Waals surface area contributed by atoms with Crippen molar-refractivity contribution in [3.63, 3.8) is 0 Å². The monoisotopic (exact) mass is 656 g/mol. The summed E-state index contributed by atoms with van der Waals surface area (Å²) in [5, 5.41) is 12.2. The minimum Gasteiger partial charge on any atom is -0.481 e. The van der Waals surface area contributed by atoms with Gasteiger partial charge in [-0.25, -0.2) is 9.97 Å². The first-order chi connectivity index (χ1) is 21.7. The fourth-order valence-corrected chi connectivity index (χ4v) is 5.78. The van der Waals surface area contributed by atoms with E-state index in [2.05, 4.69) is 24.9 Å². The summed E-state index contributed by atoms with van der Waals surface area (Å²) >= 11 is 0. The maximum Gasteiger partial charge on any atom is 0.387 e. The summed E-state index contributed by atoms with van der Waals surface area (Å²) in [6.45, 7) is 2.49. The van der Waals surface area contributed by atoms with Gasteiger partial charge < -0.3 is 25.0 Å². The second kappa shape index (κ2) is 15.8. The molecule has 1 aliphatic heterocycles. The van der Waals surface area contributed by atoms with E-state index in [0.29, 0.717) is 35.9 Å². The predicted molar refractivity (Wildman–Crippen MR) is 174 cm³/mol. The lowest BCUT2D eigenvalue weighted by Crippen LogP contribution is -2.36. The number of alkyl halides is 2. The topological polar surface area (TPSA) is 112 Å². The lowest BCUT2D eigenvalue weighted by atomic mass is 9.93. The van der Waals surface area contributed by atoms with Gasteiger partial charge in [-0.2, -0.15) is 8.78 Å². The molecule has 5 rings (SSSR count). The number of hydrogen-bond acceptors (Lipinski definition) is 7. The lowest BCUT2D eigenvalue weighted by Gasteiger charge is -2.32. The van der Waals surface area contributed by atoms with Crippen molar-refractivity contribution in [3.05, 3.63) is 72.2 Å². The molecule has 1 saturated heterocycles. The van der Waals surface area contributed by atoms with E-state index in [9.17, 15) is 18.4 Å². The first kappa shape index (κ1) is 34.6. The zero-order valence-corrected chi connectivity index (χ0v) is 26.7. The quantitative estimate of drug-likeness (QED) is 0.168. The van der Waals surface area contributed by atoms with Crippen LogP contribution < -0.4 is 10.1 Å². The minimum atomic E-state index is -2.88. The number of imidazole rings is 1. The van der Waals surface area contributed by atoms with Crippen LogP contribution in [0.1, 0.15) is 48.0 Å². The molecule has 0 radical (unpaired) electrons. The number of piperidine rings is 1. The van der Waals surface area contributed by atoms with Crippen molar-refractivity contribution < 1.29 is 28.2 Å². The van der Waals surface area contributed by atoms with Crippen LogP contribution >= 0.6 is 12.4 Å². The zero-order valence-electron chi connectivity index (χ0n) is 25.9. The van der Waals surface area contributed by atoms with Crippen molar-refractivity contribution in [2.75, 3.05) is 38.5 Å². The molecule has 2 N–H and O–H groups in total. The fourth-order valence-electron chi connectivity index (χ4n) is 5.78. The molecule has 3 heterocycles. The van der Waals surface area contributed by atoms with Crippen molar-refractivity contribution in [1.82, 2.24) is 24.2 Å². The summed E-state index contributed by atoms with van der Waals surface area (Å²) in [5.41, 5.74) is 4.38. The van der Waals surface area contributed by atoms with Gasteiger partial charge in [0.25, 0.3) is 5.91 Å². The number of hydrogen-bond donors (Lipinski definition) is 2. The highest BCUT2D eigenvalue weighted by atomic mass is 35.5. The minimum absolute atomic E-state index is 0. The van der Waals surface area contributed by atoms with Crippen LogP contribution in [0.3, 0.4) is 0 Å². The van der Waals surface area contributed by atoms with Gasteiger partial charge in [-0.1, -0.05) is 0 Å². The van der Waals surface area contributed by atoms with E-state index in [1.807, 2.05) is 36.6 Å². The maximum absolute atomic E-state index is 13.3. The Kier molecular flexibility index (Phi) is 11.9. The second-order valence-corrected chi connectivity index (χ2v) is 11.5. The van der Waals surface area contributed by atoms with Crippen LogP contribution in [0.2, 0.25) is 0 Å². The Morgan fingerprint density at radius 1 is 1.13 bits per heavy atom. The fraction of sp³-hybridized carbons (Fsp3) is 0.394. The molecule has 0 spiro atoms. The molecule has 4 aromatic rings. The van der Waals surface area contributed by atoms with Crippen LogP contribution in [0.25, 0.3) is 16.9 Å². The molecule has 1 aliphatic rings. The average molecular weight is 657 g/mol. The molecule has 2 aromatic heterocycles. The van der Waals surface area contributed by atoms with Gasteiger partial charge in [-0.15, -0.1) is 12.4 Å². The highest BCUT2D eigenvalue weighted by molar-refractivity contribution is 5.96. The SMILES string of the molecule is Cc1cc(Nc2nccn3c(-c4ccc(OC(F)F)cc4)cnc23)ccc1C(=O)N(C)CCC1CCN(CCCC(=O)O)CC1.Cl. The summed E-state index contributed by atoms with van der Waals surface area (Å²) in [6.07, 6.45) is 9.09. The van der Waals surface area contributed by atoms with E-state index in [-0.39, 0.29) is 30.5 Å². The van der Waals surface area contributed by atoms with E-state index in [1.54, 1.807) is 35.6 Å². The van der Waals surface area contributed by atoms with Crippen LogP contribution in [0.5, 0.6) is 5.75 Å². The number of carbonyl (C=O) groups is 2. The molecule has 0 bridgehead atoms. The zero-order chi connectivity index (χ0) is 31.9. The Balaban J connectivity index is 0.00000480. The van der Waals surface area contributed by atoms with Gasteiger partial charge in [0.05, 0.1) is 11.9 Å². The van der Waals surface area contributed by atoms with Crippen molar-refractivity contribution >= 4 is 41.4 Å². The Hall–Kier alpha value is -4.29. The second-order valence-electron chi connectivity index (χ2n) is 11.5. The molecule has 0 unspecified atom stereocenters. The third-order valence-corrected chi connectivity index (χ3v) is 8.31. The number of aromatic nitrogens is 3. The molecule has 0 saturated carbocycles. The average Bonchev–Trinajstić information content (AvgIpc) is 3.45. The number of carbonyl (C=O) groups excluding carboxylic acids is 1. The summed E-state index contributed by atoms with van der Waals surface area (Å²) in [6, 6.07) is 12.0. The number of rotatable bonds is 13. The number of ether oxygens (including phenoxy) is 1. The van der Waals surface area contributed by atoms with Crippen molar-refractivity contribution in [3.8, 4) is 17.0 Å². The van der Waals surface area contributed by atoms with Crippen molar-refractivity contribution in [2.24, 2.45) is 5.92 Å². The number of fused-ring (bicyclic) bond motifs is 1. The molecular weight excluding hydrogens is 618 g/mol. The summed E-state index contributed by atoms with van der Waals surface area (Å²) in [5.74, 6) is 0.406. The van der Waals surface area contributed by atoms with Gasteiger partial charge in [0, 0.05) is 49.2 Å². The normalized spacial score (nSPS) is 13.8. The Bertz CT molecular complexity index is 1630. The number of halogens is 3. The number of amides is 1. The standard InChI is InChI=1S/C33H38F2N6O4.ClH/c1-22-20-25(7-10-27(22)32(44)39(2)16-11-23-12-17-40(18-13-23)15-3-4-29(42)43)38-30-31-37-21-28(41(31)19-14-36-30)24-5-8-26(9-6-24)45-33(34)35;/h5-10,14,19-21,23,33H,3-4,11-13,15-18H2,1-2H3,(H,36,38)(H,42,43);1H. The molecule has 2 aromatic carbocycles.